The second-order valence-electron chi connectivity index (χ2n) is 4.88. The van der Waals surface area contributed by atoms with E-state index in [4.69, 9.17) is 11.6 Å². The van der Waals surface area contributed by atoms with Crippen molar-refractivity contribution in [2.75, 3.05) is 13.1 Å². The first-order valence-corrected chi connectivity index (χ1v) is 8.12. The first-order valence-electron chi connectivity index (χ1n) is 6.92. The van der Waals surface area contributed by atoms with Gasteiger partial charge in [-0.15, -0.1) is 11.3 Å². The van der Waals surface area contributed by atoms with Crippen LogP contribution in [0.2, 0.25) is 5.02 Å². The minimum Gasteiger partial charge on any atom is -0.313 e. The molecule has 0 bridgehead atoms. The molecule has 0 aliphatic heterocycles. The van der Waals surface area contributed by atoms with Crippen molar-refractivity contribution in [1.29, 1.82) is 0 Å². The van der Waals surface area contributed by atoms with Crippen LogP contribution in [0.15, 0.2) is 42.0 Å². The van der Waals surface area contributed by atoms with E-state index in [-0.39, 0.29) is 0 Å². The topological polar surface area (TPSA) is 12.0 Å². The van der Waals surface area contributed by atoms with Gasteiger partial charge in [-0.05, 0) is 55.8 Å². The lowest BCUT2D eigenvalue weighted by atomic mass is 10.2. The molecule has 0 aliphatic rings. The lowest BCUT2D eigenvalue weighted by Crippen LogP contribution is -2.16. The summed E-state index contributed by atoms with van der Waals surface area (Å²) in [5.74, 6) is 0. The monoisotopic (exact) mass is 305 g/mol. The first kappa shape index (κ1) is 15.3. The van der Waals surface area contributed by atoms with Crippen LogP contribution in [0.25, 0.3) is 16.5 Å². The highest BCUT2D eigenvalue weighted by atomic mass is 35.5. The van der Waals surface area contributed by atoms with E-state index < -0.39 is 0 Å². The molecule has 0 spiro atoms. The predicted octanol–water partition coefficient (Wildman–Crippen LogP) is 5.47. The molecule has 2 aromatic rings. The van der Waals surface area contributed by atoms with Crippen LogP contribution < -0.4 is 5.32 Å². The molecule has 106 valence electrons. The quantitative estimate of drug-likeness (QED) is 0.698. The Labute approximate surface area is 130 Å². The number of halogens is 1. The van der Waals surface area contributed by atoms with E-state index in [1.165, 1.54) is 27.3 Å². The fourth-order valence-corrected chi connectivity index (χ4v) is 3.12. The highest BCUT2D eigenvalue weighted by molar-refractivity contribution is 7.16. The normalized spacial score (nSPS) is 11.8. The second kappa shape index (κ2) is 7.63. The van der Waals surface area contributed by atoms with E-state index in [0.29, 0.717) is 0 Å². The molecule has 0 aliphatic carbocycles. The van der Waals surface area contributed by atoms with Crippen LogP contribution in [0.3, 0.4) is 0 Å². The molecular weight excluding hydrogens is 286 g/mol. The summed E-state index contributed by atoms with van der Waals surface area (Å²) >= 11 is 7.73. The third-order valence-corrected chi connectivity index (χ3v) is 4.31. The molecule has 0 unspecified atom stereocenters. The predicted molar refractivity (Wildman–Crippen MR) is 91.6 cm³/mol. The Balaban J connectivity index is 2.05. The van der Waals surface area contributed by atoms with Crippen LogP contribution in [0.5, 0.6) is 0 Å². The van der Waals surface area contributed by atoms with Crippen molar-refractivity contribution >= 4 is 29.0 Å². The van der Waals surface area contributed by atoms with Crippen molar-refractivity contribution in [2.24, 2.45) is 0 Å². The molecule has 1 aromatic heterocycles. The van der Waals surface area contributed by atoms with E-state index in [1.54, 1.807) is 0 Å². The van der Waals surface area contributed by atoms with E-state index in [1.807, 2.05) is 23.5 Å². The van der Waals surface area contributed by atoms with E-state index in [2.05, 4.69) is 49.5 Å². The Hall–Kier alpha value is -1.09. The maximum absolute atomic E-state index is 5.92. The minimum absolute atomic E-state index is 0.781. The Morgan fingerprint density at radius 2 is 1.95 bits per heavy atom. The van der Waals surface area contributed by atoms with Gasteiger partial charge in [0.15, 0.2) is 0 Å². The van der Waals surface area contributed by atoms with Gasteiger partial charge in [0.1, 0.15) is 0 Å². The summed E-state index contributed by atoms with van der Waals surface area (Å²) in [5.41, 5.74) is 2.59. The van der Waals surface area contributed by atoms with Gasteiger partial charge in [0.25, 0.3) is 0 Å². The zero-order valence-corrected chi connectivity index (χ0v) is 13.5. The van der Waals surface area contributed by atoms with Crippen molar-refractivity contribution in [3.63, 3.8) is 0 Å². The number of hydrogen-bond acceptors (Lipinski definition) is 2. The molecule has 0 fully saturated rings. The molecule has 20 heavy (non-hydrogen) atoms. The summed E-state index contributed by atoms with van der Waals surface area (Å²) in [6, 6.07) is 12.4. The summed E-state index contributed by atoms with van der Waals surface area (Å²) in [5, 5.41) is 4.20. The lowest BCUT2D eigenvalue weighted by Gasteiger charge is -2.02. The molecule has 3 heteroatoms. The van der Waals surface area contributed by atoms with E-state index in [9.17, 15) is 0 Å². The van der Waals surface area contributed by atoms with Crippen molar-refractivity contribution in [3.05, 3.63) is 51.9 Å². The Morgan fingerprint density at radius 3 is 2.65 bits per heavy atom. The fraction of sp³-hybridized carbons (Fsp3) is 0.294. The summed E-state index contributed by atoms with van der Waals surface area (Å²) in [6.07, 6.45) is 3.43. The number of rotatable bonds is 6. The average Bonchev–Trinajstić information content (AvgIpc) is 2.88. The molecule has 1 heterocycles. The Morgan fingerprint density at radius 1 is 1.20 bits per heavy atom. The average molecular weight is 306 g/mol. The van der Waals surface area contributed by atoms with Gasteiger partial charge in [0.2, 0.25) is 0 Å². The van der Waals surface area contributed by atoms with Gasteiger partial charge in [0, 0.05) is 21.3 Å². The number of nitrogens with one attached hydrogen (secondary N) is 1. The third-order valence-electron chi connectivity index (χ3n) is 2.97. The molecule has 1 aromatic carbocycles. The van der Waals surface area contributed by atoms with E-state index >= 15 is 0 Å². The van der Waals surface area contributed by atoms with Gasteiger partial charge in [-0.25, -0.2) is 0 Å². The maximum Gasteiger partial charge on any atom is 0.0406 e. The van der Waals surface area contributed by atoms with Crippen molar-refractivity contribution in [3.8, 4) is 10.4 Å². The Kier molecular flexibility index (Phi) is 5.84. The van der Waals surface area contributed by atoms with Crippen LogP contribution in [0.1, 0.15) is 25.1 Å². The van der Waals surface area contributed by atoms with Gasteiger partial charge >= 0.3 is 0 Å². The van der Waals surface area contributed by atoms with Crippen LogP contribution in [-0.2, 0) is 0 Å². The third kappa shape index (κ3) is 4.48. The smallest absolute Gasteiger partial charge is 0.0406 e. The summed E-state index contributed by atoms with van der Waals surface area (Å²) in [4.78, 5) is 2.58. The molecule has 0 atom stereocenters. The molecule has 0 amide bonds. The molecular formula is C17H20ClNS. The van der Waals surface area contributed by atoms with Crippen LogP contribution in [0.4, 0.5) is 0 Å². The Bertz CT molecular complexity index is 569. The SMILES string of the molecule is CCCNCC(C)=Cc1ccc(-c2ccc(Cl)cc2)s1. The zero-order valence-electron chi connectivity index (χ0n) is 11.9. The highest BCUT2D eigenvalue weighted by Crippen LogP contribution is 2.30. The lowest BCUT2D eigenvalue weighted by molar-refractivity contribution is 0.715. The summed E-state index contributed by atoms with van der Waals surface area (Å²) in [7, 11) is 0. The van der Waals surface area contributed by atoms with Gasteiger partial charge in [-0.3, -0.25) is 0 Å². The number of hydrogen-bond donors (Lipinski definition) is 1. The molecule has 0 saturated carbocycles. The molecule has 1 nitrogen and oxygen atoms in total. The van der Waals surface area contributed by atoms with Crippen molar-refractivity contribution in [2.45, 2.75) is 20.3 Å². The zero-order chi connectivity index (χ0) is 14.4. The summed E-state index contributed by atoms with van der Waals surface area (Å²) in [6.45, 7) is 6.39. The first-order chi connectivity index (χ1) is 9.69. The number of benzene rings is 1. The molecule has 0 radical (unpaired) electrons. The van der Waals surface area contributed by atoms with Gasteiger partial charge in [0.05, 0.1) is 0 Å². The molecule has 1 N–H and O–H groups in total. The van der Waals surface area contributed by atoms with Crippen molar-refractivity contribution < 1.29 is 0 Å². The molecule has 0 saturated heterocycles. The fourth-order valence-electron chi connectivity index (χ4n) is 1.96. The van der Waals surface area contributed by atoms with Gasteiger partial charge in [-0.2, -0.15) is 0 Å². The van der Waals surface area contributed by atoms with Crippen LogP contribution in [-0.4, -0.2) is 13.1 Å². The van der Waals surface area contributed by atoms with Gasteiger partial charge < -0.3 is 5.32 Å². The van der Waals surface area contributed by atoms with E-state index in [0.717, 1.165) is 18.1 Å². The highest BCUT2D eigenvalue weighted by Gasteiger charge is 2.02. The minimum atomic E-state index is 0.781. The maximum atomic E-state index is 5.92. The number of thiophene rings is 1. The summed E-state index contributed by atoms with van der Waals surface area (Å²) < 4.78 is 0. The molecule has 2 rings (SSSR count). The van der Waals surface area contributed by atoms with Crippen molar-refractivity contribution in [1.82, 2.24) is 5.32 Å². The largest absolute Gasteiger partial charge is 0.313 e. The van der Waals surface area contributed by atoms with Crippen LogP contribution >= 0.6 is 22.9 Å². The van der Waals surface area contributed by atoms with Gasteiger partial charge in [-0.1, -0.05) is 36.2 Å². The second-order valence-corrected chi connectivity index (χ2v) is 6.43. The standard InChI is InChI=1S/C17H20ClNS/c1-3-10-19-12-13(2)11-16-8-9-17(20-16)14-4-6-15(18)7-5-14/h4-9,11,19H,3,10,12H2,1-2H3. The van der Waals surface area contributed by atoms with Crippen LogP contribution in [0, 0.1) is 0 Å².